The maximum absolute atomic E-state index is 11.4. The number of likely N-dealkylation sites (N-methyl/N-ethyl adjacent to an activating group) is 1. The predicted molar refractivity (Wildman–Crippen MR) is 86.1 cm³/mol. The summed E-state index contributed by atoms with van der Waals surface area (Å²) < 4.78 is 0. The van der Waals surface area contributed by atoms with Crippen LogP contribution in [0.3, 0.4) is 0 Å². The third kappa shape index (κ3) is 2.27. The Morgan fingerprint density at radius 2 is 1.76 bits per heavy atom. The number of primary amides is 1. The summed E-state index contributed by atoms with van der Waals surface area (Å²) in [5.41, 5.74) is 15.6. The van der Waals surface area contributed by atoms with Crippen molar-refractivity contribution in [3.05, 3.63) is 48.0 Å². The van der Waals surface area contributed by atoms with E-state index in [1.165, 1.54) is 0 Å². The Hall–Kier alpha value is -2.69. The van der Waals surface area contributed by atoms with Gasteiger partial charge in [0.1, 0.15) is 0 Å². The number of amides is 1. The molecule has 21 heavy (non-hydrogen) atoms. The van der Waals surface area contributed by atoms with E-state index in [0.29, 0.717) is 11.3 Å². The fourth-order valence-electron chi connectivity index (χ4n) is 2.69. The number of rotatable bonds is 2. The van der Waals surface area contributed by atoms with Gasteiger partial charge in [0.05, 0.1) is 22.7 Å². The number of anilines is 4. The van der Waals surface area contributed by atoms with Gasteiger partial charge >= 0.3 is 0 Å². The van der Waals surface area contributed by atoms with Crippen LogP contribution in [0.1, 0.15) is 10.4 Å². The maximum atomic E-state index is 11.4. The van der Waals surface area contributed by atoms with E-state index < -0.39 is 5.91 Å². The fourth-order valence-corrected chi connectivity index (χ4v) is 2.69. The van der Waals surface area contributed by atoms with Crippen molar-refractivity contribution in [2.75, 3.05) is 35.7 Å². The summed E-state index contributed by atoms with van der Waals surface area (Å²) in [6.45, 7) is 1.69. The monoisotopic (exact) mass is 282 g/mol. The Morgan fingerprint density at radius 1 is 1.05 bits per heavy atom. The van der Waals surface area contributed by atoms with Gasteiger partial charge in [-0.15, -0.1) is 0 Å². The van der Waals surface area contributed by atoms with E-state index in [9.17, 15) is 4.79 Å². The molecule has 0 atom stereocenters. The van der Waals surface area contributed by atoms with Gasteiger partial charge in [-0.05, 0) is 30.3 Å². The Balaban J connectivity index is 2.11. The highest BCUT2D eigenvalue weighted by Gasteiger charge is 2.22. The summed E-state index contributed by atoms with van der Waals surface area (Å²) in [5, 5.41) is 0. The van der Waals surface area contributed by atoms with Crippen molar-refractivity contribution in [3.63, 3.8) is 0 Å². The van der Waals surface area contributed by atoms with E-state index in [1.54, 1.807) is 18.2 Å². The summed E-state index contributed by atoms with van der Waals surface area (Å²) in [6.07, 6.45) is 0. The lowest BCUT2D eigenvalue weighted by atomic mass is 10.1. The Labute approximate surface area is 123 Å². The largest absolute Gasteiger partial charge is 0.397 e. The number of carbonyl (C=O) groups excluding carboxylic acids is 1. The fraction of sp³-hybridized carbons (Fsp3) is 0.188. The molecule has 0 bridgehead atoms. The van der Waals surface area contributed by atoms with Gasteiger partial charge in [-0.3, -0.25) is 4.79 Å². The lowest BCUT2D eigenvalue weighted by molar-refractivity contribution is 0.100. The SMILES string of the molecule is CN1CCN(c2cc(C(N)=O)ccc2N)c2ccccc21. The summed E-state index contributed by atoms with van der Waals surface area (Å²) in [7, 11) is 2.07. The summed E-state index contributed by atoms with van der Waals surface area (Å²) in [6, 6.07) is 13.3. The van der Waals surface area contributed by atoms with Gasteiger partial charge in [0, 0.05) is 25.7 Å². The van der Waals surface area contributed by atoms with Gasteiger partial charge < -0.3 is 21.3 Å². The molecule has 0 unspecified atom stereocenters. The van der Waals surface area contributed by atoms with Crippen LogP contribution in [0, 0.1) is 0 Å². The quantitative estimate of drug-likeness (QED) is 0.826. The van der Waals surface area contributed by atoms with Crippen LogP contribution in [0.4, 0.5) is 22.7 Å². The van der Waals surface area contributed by atoms with Crippen LogP contribution in [0.25, 0.3) is 0 Å². The van der Waals surface area contributed by atoms with Gasteiger partial charge in [-0.2, -0.15) is 0 Å². The number of carbonyl (C=O) groups is 1. The zero-order valence-corrected chi connectivity index (χ0v) is 11.9. The summed E-state index contributed by atoms with van der Waals surface area (Å²) >= 11 is 0. The Bertz CT molecular complexity index is 698. The first kappa shape index (κ1) is 13.3. The van der Waals surface area contributed by atoms with E-state index in [4.69, 9.17) is 11.5 Å². The van der Waals surface area contributed by atoms with Crippen LogP contribution in [-0.4, -0.2) is 26.0 Å². The molecule has 0 saturated carbocycles. The second kappa shape index (κ2) is 5.01. The average Bonchev–Trinajstić information content (AvgIpc) is 2.49. The smallest absolute Gasteiger partial charge is 0.248 e. The van der Waals surface area contributed by atoms with Crippen molar-refractivity contribution >= 4 is 28.7 Å². The molecule has 2 aromatic carbocycles. The van der Waals surface area contributed by atoms with E-state index in [-0.39, 0.29) is 0 Å². The minimum Gasteiger partial charge on any atom is -0.397 e. The van der Waals surface area contributed by atoms with Crippen molar-refractivity contribution < 1.29 is 4.79 Å². The third-order valence-corrected chi connectivity index (χ3v) is 3.85. The molecule has 0 aliphatic carbocycles. The van der Waals surface area contributed by atoms with Crippen LogP contribution in [0.5, 0.6) is 0 Å². The molecule has 0 fully saturated rings. The molecule has 0 aromatic heterocycles. The lowest BCUT2D eigenvalue weighted by Crippen LogP contribution is -2.36. The topological polar surface area (TPSA) is 75.6 Å². The number of hydrogen-bond donors (Lipinski definition) is 2. The number of nitrogen functional groups attached to an aromatic ring is 1. The highest BCUT2D eigenvalue weighted by atomic mass is 16.1. The Morgan fingerprint density at radius 3 is 2.48 bits per heavy atom. The van der Waals surface area contributed by atoms with Gasteiger partial charge in [-0.25, -0.2) is 0 Å². The molecule has 0 radical (unpaired) electrons. The molecule has 0 saturated heterocycles. The van der Waals surface area contributed by atoms with Crippen molar-refractivity contribution in [2.24, 2.45) is 5.73 Å². The average molecular weight is 282 g/mol. The van der Waals surface area contributed by atoms with E-state index in [0.717, 1.165) is 30.2 Å². The summed E-state index contributed by atoms with van der Waals surface area (Å²) in [4.78, 5) is 15.7. The van der Waals surface area contributed by atoms with E-state index in [2.05, 4.69) is 29.0 Å². The highest BCUT2D eigenvalue weighted by Crippen LogP contribution is 2.39. The molecular weight excluding hydrogens is 264 g/mol. The van der Waals surface area contributed by atoms with Crippen LogP contribution in [0.2, 0.25) is 0 Å². The number of para-hydroxylation sites is 2. The summed E-state index contributed by atoms with van der Waals surface area (Å²) in [5.74, 6) is -0.446. The van der Waals surface area contributed by atoms with Crippen molar-refractivity contribution in [2.45, 2.75) is 0 Å². The van der Waals surface area contributed by atoms with Gasteiger partial charge in [0.2, 0.25) is 5.91 Å². The maximum Gasteiger partial charge on any atom is 0.248 e. The van der Waals surface area contributed by atoms with Gasteiger partial charge in [-0.1, -0.05) is 12.1 Å². The molecule has 2 aromatic rings. The first-order chi connectivity index (χ1) is 10.1. The number of nitrogens with two attached hydrogens (primary N) is 2. The molecule has 108 valence electrons. The molecule has 4 N–H and O–H groups in total. The minimum absolute atomic E-state index is 0.446. The highest BCUT2D eigenvalue weighted by molar-refractivity contribution is 5.96. The van der Waals surface area contributed by atoms with Gasteiger partial charge in [0.15, 0.2) is 0 Å². The molecule has 1 aliphatic rings. The molecule has 5 heteroatoms. The van der Waals surface area contributed by atoms with Crippen LogP contribution >= 0.6 is 0 Å². The van der Waals surface area contributed by atoms with Crippen molar-refractivity contribution in [1.82, 2.24) is 0 Å². The second-order valence-corrected chi connectivity index (χ2v) is 5.20. The van der Waals surface area contributed by atoms with Crippen molar-refractivity contribution in [3.8, 4) is 0 Å². The van der Waals surface area contributed by atoms with Crippen LogP contribution < -0.4 is 21.3 Å². The van der Waals surface area contributed by atoms with E-state index in [1.807, 2.05) is 12.1 Å². The normalized spacial score (nSPS) is 14.0. The zero-order valence-electron chi connectivity index (χ0n) is 11.9. The molecule has 0 spiro atoms. The standard InChI is InChI=1S/C16H18N4O/c1-19-8-9-20(14-5-3-2-4-13(14)19)15-10-11(16(18)21)6-7-12(15)17/h2-7,10H,8-9,17H2,1H3,(H2,18,21). The number of benzene rings is 2. The lowest BCUT2D eigenvalue weighted by Gasteiger charge is -2.37. The Kier molecular flexibility index (Phi) is 3.17. The molecule has 1 aliphatic heterocycles. The molecule has 1 amide bonds. The third-order valence-electron chi connectivity index (χ3n) is 3.85. The first-order valence-electron chi connectivity index (χ1n) is 6.85. The molecule has 3 rings (SSSR count). The van der Waals surface area contributed by atoms with E-state index >= 15 is 0 Å². The van der Waals surface area contributed by atoms with Gasteiger partial charge in [0.25, 0.3) is 0 Å². The number of nitrogens with zero attached hydrogens (tertiary/aromatic N) is 2. The van der Waals surface area contributed by atoms with Crippen molar-refractivity contribution in [1.29, 1.82) is 0 Å². The number of hydrogen-bond acceptors (Lipinski definition) is 4. The minimum atomic E-state index is -0.446. The number of fused-ring (bicyclic) bond motifs is 1. The predicted octanol–water partition coefficient (Wildman–Crippen LogP) is 1.96. The van der Waals surface area contributed by atoms with Crippen LogP contribution in [0.15, 0.2) is 42.5 Å². The molecular formula is C16H18N4O. The van der Waals surface area contributed by atoms with Crippen LogP contribution in [-0.2, 0) is 0 Å². The second-order valence-electron chi connectivity index (χ2n) is 5.20. The zero-order chi connectivity index (χ0) is 15.0. The first-order valence-corrected chi connectivity index (χ1v) is 6.85. The molecule has 5 nitrogen and oxygen atoms in total. The molecule has 1 heterocycles.